The van der Waals surface area contributed by atoms with Crippen LogP contribution in [-0.2, 0) is 0 Å². The molecular weight excluding hydrogens is 805 g/mol. The molecule has 0 N–H and O–H groups in total. The van der Waals surface area contributed by atoms with Gasteiger partial charge in [-0.1, -0.05) is 146 Å². The maximum Gasteiger partial charge on any atom is 0.162 e. The van der Waals surface area contributed by atoms with Gasteiger partial charge in [-0.05, 0) is 72.8 Å². The van der Waals surface area contributed by atoms with E-state index in [0.29, 0.717) is 11.3 Å². The van der Waals surface area contributed by atoms with Crippen molar-refractivity contribution in [2.45, 2.75) is 0 Å². The van der Waals surface area contributed by atoms with Crippen LogP contribution in [0, 0.1) is 11.3 Å². The van der Waals surface area contributed by atoms with Crippen LogP contribution >= 0.6 is 0 Å². The van der Waals surface area contributed by atoms with E-state index in [1.165, 1.54) is 10.8 Å². The number of nitrogens with zero attached hydrogens (tertiary/aromatic N) is 6. The lowest BCUT2D eigenvalue weighted by molar-refractivity contribution is 1.03. The fraction of sp³-hybridized carbons (Fsp3) is 0. The zero-order valence-electron chi connectivity index (χ0n) is 35.5. The summed E-state index contributed by atoms with van der Waals surface area (Å²) < 4.78 is 9.35. The first kappa shape index (κ1) is 36.3. The Hall–Kier alpha value is -9.18. The summed E-state index contributed by atoms with van der Waals surface area (Å²) in [5.74, 6) is 0.769. The molecule has 0 amide bonds. The van der Waals surface area contributed by atoms with E-state index in [2.05, 4.69) is 243 Å². The summed E-state index contributed by atoms with van der Waals surface area (Å²) in [5, 5.41) is 20.6. The number of benzene rings is 9. The average Bonchev–Trinajstić information content (AvgIpc) is 4.11. The standard InChI is InChI=1S/C60H36N6/c61-37-38-35-58(64-51-27-11-3-19-41(51)42-20-4-12-28-52(42)64)59(65-53-29-13-5-21-43(53)44-22-6-14-30-54(44)65)36-47(38)48-33-34-57(63-49-25-9-1-17-39(49)40-18-2-10-26-50(40)63)60(62-48)66-55-31-15-7-23-45(55)46-24-8-16-32-56(46)66/h1-36H. The number of hydrogen-bond acceptors (Lipinski definition) is 2. The predicted molar refractivity (Wildman–Crippen MR) is 272 cm³/mol. The lowest BCUT2D eigenvalue weighted by atomic mass is 10.0. The average molecular weight is 841 g/mol. The van der Waals surface area contributed by atoms with Gasteiger partial charge in [0.05, 0.1) is 78.5 Å². The van der Waals surface area contributed by atoms with Gasteiger partial charge in [0.1, 0.15) is 0 Å². The van der Waals surface area contributed by atoms with E-state index < -0.39 is 0 Å². The van der Waals surface area contributed by atoms with Crippen molar-refractivity contribution in [3.05, 3.63) is 224 Å². The molecule has 6 heteroatoms. The number of para-hydroxylation sites is 8. The van der Waals surface area contributed by atoms with Crippen LogP contribution < -0.4 is 0 Å². The van der Waals surface area contributed by atoms with E-state index in [9.17, 15) is 5.26 Å². The second kappa shape index (κ2) is 13.9. The second-order valence-corrected chi connectivity index (χ2v) is 17.0. The molecule has 0 bridgehead atoms. The second-order valence-electron chi connectivity index (χ2n) is 17.0. The van der Waals surface area contributed by atoms with Crippen LogP contribution in [-0.4, -0.2) is 23.3 Å². The van der Waals surface area contributed by atoms with E-state index in [4.69, 9.17) is 4.98 Å². The first-order valence-corrected chi connectivity index (χ1v) is 22.3. The Kier molecular flexibility index (Phi) is 7.65. The fourth-order valence-electron chi connectivity index (χ4n) is 10.9. The number of aromatic nitrogens is 5. The van der Waals surface area contributed by atoms with Gasteiger partial charge in [0.15, 0.2) is 5.82 Å². The molecule has 0 radical (unpaired) electrons. The van der Waals surface area contributed by atoms with Crippen LogP contribution in [0.2, 0.25) is 0 Å². The van der Waals surface area contributed by atoms with Crippen molar-refractivity contribution in [3.8, 4) is 40.2 Å². The van der Waals surface area contributed by atoms with Gasteiger partial charge in [-0.3, -0.25) is 4.57 Å². The summed E-state index contributed by atoms with van der Waals surface area (Å²) in [6.45, 7) is 0. The van der Waals surface area contributed by atoms with Gasteiger partial charge in [0, 0.05) is 48.7 Å². The van der Waals surface area contributed by atoms with Gasteiger partial charge in [0.25, 0.3) is 0 Å². The third-order valence-corrected chi connectivity index (χ3v) is 13.6. The quantitative estimate of drug-likeness (QED) is 0.173. The molecule has 0 saturated carbocycles. The molecule has 6 nitrogen and oxygen atoms in total. The summed E-state index contributed by atoms with van der Waals surface area (Å²) in [7, 11) is 0. The molecule has 0 atom stereocenters. The molecule has 0 aliphatic rings. The van der Waals surface area contributed by atoms with E-state index in [1.807, 2.05) is 0 Å². The van der Waals surface area contributed by atoms with Gasteiger partial charge in [0.2, 0.25) is 0 Å². The summed E-state index contributed by atoms with van der Waals surface area (Å²) in [6.07, 6.45) is 0. The Bertz CT molecular complexity index is 4160. The molecule has 0 unspecified atom stereocenters. The molecule has 0 spiro atoms. The van der Waals surface area contributed by atoms with Crippen molar-refractivity contribution in [3.63, 3.8) is 0 Å². The highest BCUT2D eigenvalue weighted by molar-refractivity contribution is 6.13. The minimum atomic E-state index is 0.529. The van der Waals surface area contributed by atoms with E-state index in [1.54, 1.807) is 0 Å². The lowest BCUT2D eigenvalue weighted by Gasteiger charge is -2.20. The zero-order chi connectivity index (χ0) is 43.5. The molecule has 5 heterocycles. The zero-order valence-corrected chi connectivity index (χ0v) is 35.5. The van der Waals surface area contributed by atoms with Crippen molar-refractivity contribution in [2.24, 2.45) is 0 Å². The first-order valence-electron chi connectivity index (χ1n) is 22.3. The van der Waals surface area contributed by atoms with Crippen LogP contribution in [0.3, 0.4) is 0 Å². The van der Waals surface area contributed by atoms with Crippen LogP contribution in [0.4, 0.5) is 0 Å². The van der Waals surface area contributed by atoms with Crippen LogP contribution in [0.1, 0.15) is 5.56 Å². The number of fused-ring (bicyclic) bond motifs is 12. The van der Waals surface area contributed by atoms with Crippen molar-refractivity contribution in [1.29, 1.82) is 5.26 Å². The highest BCUT2D eigenvalue weighted by atomic mass is 15.1. The Morgan fingerprint density at radius 1 is 0.303 bits per heavy atom. The first-order chi connectivity index (χ1) is 32.7. The Balaban J connectivity index is 1.13. The summed E-state index contributed by atoms with van der Waals surface area (Å²) >= 11 is 0. The highest BCUT2D eigenvalue weighted by Gasteiger charge is 2.25. The Morgan fingerprint density at radius 2 is 0.591 bits per heavy atom. The predicted octanol–water partition coefficient (Wildman–Crippen LogP) is 15.0. The molecule has 66 heavy (non-hydrogen) atoms. The molecular formula is C60H36N6. The number of rotatable bonds is 5. The van der Waals surface area contributed by atoms with Crippen molar-refractivity contribution >= 4 is 87.2 Å². The number of pyridine rings is 1. The maximum atomic E-state index is 11.4. The van der Waals surface area contributed by atoms with Crippen LogP contribution in [0.5, 0.6) is 0 Å². The summed E-state index contributed by atoms with van der Waals surface area (Å²) in [5.41, 5.74) is 13.4. The number of hydrogen-bond donors (Lipinski definition) is 0. The van der Waals surface area contributed by atoms with Gasteiger partial charge in [-0.25, -0.2) is 4.98 Å². The van der Waals surface area contributed by atoms with E-state index in [0.717, 1.165) is 105 Å². The highest BCUT2D eigenvalue weighted by Crippen LogP contribution is 2.43. The largest absolute Gasteiger partial charge is 0.307 e. The molecule has 306 valence electrons. The topological polar surface area (TPSA) is 56.4 Å². The molecule has 14 aromatic rings. The summed E-state index contributed by atoms with van der Waals surface area (Å²) in [4.78, 5) is 5.78. The van der Waals surface area contributed by atoms with Crippen LogP contribution in [0.25, 0.3) is 121 Å². The van der Waals surface area contributed by atoms with Crippen LogP contribution in [0.15, 0.2) is 218 Å². The van der Waals surface area contributed by atoms with Crippen molar-refractivity contribution < 1.29 is 0 Å². The third-order valence-electron chi connectivity index (χ3n) is 13.6. The molecule has 9 aromatic carbocycles. The smallest absolute Gasteiger partial charge is 0.162 e. The minimum absolute atomic E-state index is 0.529. The third kappa shape index (κ3) is 5.02. The van der Waals surface area contributed by atoms with Crippen molar-refractivity contribution in [2.75, 3.05) is 0 Å². The molecule has 5 aromatic heterocycles. The molecule has 0 aliphatic heterocycles. The molecule has 0 saturated heterocycles. The lowest BCUT2D eigenvalue weighted by Crippen LogP contribution is -2.08. The normalized spacial score (nSPS) is 11.9. The molecule has 14 rings (SSSR count). The monoisotopic (exact) mass is 840 g/mol. The maximum absolute atomic E-state index is 11.4. The fourth-order valence-corrected chi connectivity index (χ4v) is 10.9. The van der Waals surface area contributed by atoms with Gasteiger partial charge in [-0.2, -0.15) is 5.26 Å². The van der Waals surface area contributed by atoms with E-state index >= 15 is 0 Å². The SMILES string of the molecule is N#Cc1cc(-n2c3ccccc3c3ccccc32)c(-n2c3ccccc3c3ccccc32)cc1-c1ccc(-n2c3ccccc3c3ccccc32)c(-n2c3ccccc3c3ccccc32)n1. The Morgan fingerprint density at radius 3 is 0.924 bits per heavy atom. The number of nitriles is 1. The minimum Gasteiger partial charge on any atom is -0.307 e. The van der Waals surface area contributed by atoms with Gasteiger partial charge in [-0.15, -0.1) is 0 Å². The summed E-state index contributed by atoms with van der Waals surface area (Å²) in [6, 6.07) is 79.9. The molecule has 0 fully saturated rings. The van der Waals surface area contributed by atoms with Gasteiger partial charge >= 0.3 is 0 Å². The van der Waals surface area contributed by atoms with Crippen molar-refractivity contribution in [1.82, 2.24) is 23.3 Å². The van der Waals surface area contributed by atoms with E-state index in [-0.39, 0.29) is 0 Å². The van der Waals surface area contributed by atoms with Gasteiger partial charge < -0.3 is 13.7 Å². The molecule has 0 aliphatic carbocycles. The Labute approximate surface area is 378 Å².